The molecular formula is C20H29N3O3. The molecule has 0 spiro atoms. The highest BCUT2D eigenvalue weighted by molar-refractivity contribution is 6.09. The van der Waals surface area contributed by atoms with Gasteiger partial charge >= 0.3 is 0 Å². The lowest BCUT2D eigenvalue weighted by Gasteiger charge is -2.35. The summed E-state index contributed by atoms with van der Waals surface area (Å²) in [6, 6.07) is 6.13. The van der Waals surface area contributed by atoms with E-state index in [-0.39, 0.29) is 11.8 Å². The zero-order chi connectivity index (χ0) is 18.7. The molecule has 6 nitrogen and oxygen atoms in total. The van der Waals surface area contributed by atoms with Crippen LogP contribution in [0.25, 0.3) is 0 Å². The van der Waals surface area contributed by atoms with Gasteiger partial charge in [-0.25, -0.2) is 0 Å². The highest BCUT2D eigenvalue weighted by atomic mass is 16.5. The number of rotatable bonds is 5. The molecule has 2 amide bonds. The van der Waals surface area contributed by atoms with Crippen LogP contribution in [0.15, 0.2) is 18.2 Å². The Balaban J connectivity index is 1.60. The van der Waals surface area contributed by atoms with E-state index in [0.29, 0.717) is 32.7 Å². The highest BCUT2D eigenvalue weighted by Gasteiger charge is 2.40. The van der Waals surface area contributed by atoms with Crippen LogP contribution in [0.4, 0.5) is 5.69 Å². The molecule has 2 heterocycles. The molecule has 2 aliphatic heterocycles. The predicted molar refractivity (Wildman–Crippen MR) is 101 cm³/mol. The van der Waals surface area contributed by atoms with Crippen LogP contribution in [0.2, 0.25) is 0 Å². The molecule has 2 aliphatic rings. The summed E-state index contributed by atoms with van der Waals surface area (Å²) in [7, 11) is 1.70. The Hall–Kier alpha value is -1.92. The minimum atomic E-state index is -0.527. The molecule has 1 aromatic rings. The molecule has 0 aliphatic carbocycles. The normalized spacial score (nSPS) is 21.5. The van der Waals surface area contributed by atoms with Gasteiger partial charge in [0.25, 0.3) is 0 Å². The first-order chi connectivity index (χ1) is 12.5. The van der Waals surface area contributed by atoms with Crippen LogP contribution >= 0.6 is 0 Å². The van der Waals surface area contributed by atoms with E-state index in [9.17, 15) is 9.59 Å². The Bertz CT molecular complexity index is 648. The number of anilines is 1. The summed E-state index contributed by atoms with van der Waals surface area (Å²) in [6.45, 7) is 9.35. The number of aryl methyl sites for hydroxylation is 2. The van der Waals surface area contributed by atoms with E-state index in [4.69, 9.17) is 4.74 Å². The lowest BCUT2D eigenvalue weighted by atomic mass is 10.1. The molecule has 2 fully saturated rings. The van der Waals surface area contributed by atoms with Crippen molar-refractivity contribution in [3.8, 4) is 0 Å². The average Bonchev–Trinajstić information content (AvgIpc) is 3.00. The molecule has 1 atom stereocenters. The van der Waals surface area contributed by atoms with E-state index in [1.807, 2.05) is 30.9 Å². The third-order valence-electron chi connectivity index (χ3n) is 5.32. The van der Waals surface area contributed by atoms with Crippen LogP contribution in [-0.4, -0.2) is 74.6 Å². The van der Waals surface area contributed by atoms with Gasteiger partial charge in [0.1, 0.15) is 5.92 Å². The van der Waals surface area contributed by atoms with Crippen molar-refractivity contribution >= 4 is 17.5 Å². The number of amides is 2. The summed E-state index contributed by atoms with van der Waals surface area (Å²) in [4.78, 5) is 31.7. The van der Waals surface area contributed by atoms with Gasteiger partial charge < -0.3 is 14.5 Å². The third-order valence-corrected chi connectivity index (χ3v) is 5.32. The molecule has 1 unspecified atom stereocenters. The van der Waals surface area contributed by atoms with Gasteiger partial charge in [0.2, 0.25) is 11.8 Å². The number of piperazine rings is 1. The average molecular weight is 359 g/mol. The van der Waals surface area contributed by atoms with Crippen molar-refractivity contribution in [2.45, 2.75) is 20.3 Å². The largest absolute Gasteiger partial charge is 0.383 e. The summed E-state index contributed by atoms with van der Waals surface area (Å²) in [5.41, 5.74) is 3.18. The molecular weight excluding hydrogens is 330 g/mol. The topological polar surface area (TPSA) is 53.1 Å². The fraction of sp³-hybridized carbons (Fsp3) is 0.600. The Morgan fingerprint density at radius 2 is 1.73 bits per heavy atom. The quantitative estimate of drug-likeness (QED) is 0.747. The minimum absolute atomic E-state index is 0.00623. The van der Waals surface area contributed by atoms with Crippen LogP contribution in [0.1, 0.15) is 17.5 Å². The van der Waals surface area contributed by atoms with Crippen molar-refractivity contribution in [1.82, 2.24) is 9.80 Å². The monoisotopic (exact) mass is 359 g/mol. The van der Waals surface area contributed by atoms with Crippen LogP contribution in [0, 0.1) is 19.8 Å². The summed E-state index contributed by atoms with van der Waals surface area (Å²) in [6.07, 6.45) is 0.606. The molecule has 0 N–H and O–H groups in total. The van der Waals surface area contributed by atoms with Crippen molar-refractivity contribution in [2.75, 3.05) is 57.9 Å². The van der Waals surface area contributed by atoms with Crippen molar-refractivity contribution in [2.24, 2.45) is 5.92 Å². The minimum Gasteiger partial charge on any atom is -0.383 e. The van der Waals surface area contributed by atoms with E-state index >= 15 is 0 Å². The van der Waals surface area contributed by atoms with Crippen LogP contribution in [0.3, 0.4) is 0 Å². The molecule has 0 saturated carbocycles. The highest BCUT2D eigenvalue weighted by Crippen LogP contribution is 2.28. The molecule has 2 saturated heterocycles. The van der Waals surface area contributed by atoms with E-state index in [1.54, 1.807) is 12.0 Å². The number of methoxy groups -OCH3 is 1. The molecule has 26 heavy (non-hydrogen) atoms. The van der Waals surface area contributed by atoms with Crippen molar-refractivity contribution in [3.63, 3.8) is 0 Å². The number of ether oxygens (including phenoxy) is 1. The van der Waals surface area contributed by atoms with Gasteiger partial charge in [-0.1, -0.05) is 6.07 Å². The first-order valence-electron chi connectivity index (χ1n) is 9.39. The van der Waals surface area contributed by atoms with Crippen molar-refractivity contribution in [1.29, 1.82) is 0 Å². The summed E-state index contributed by atoms with van der Waals surface area (Å²) >= 11 is 0. The van der Waals surface area contributed by atoms with Gasteiger partial charge in [-0.15, -0.1) is 0 Å². The number of benzene rings is 1. The molecule has 1 aromatic carbocycles. The smallest absolute Gasteiger partial charge is 0.239 e. The van der Waals surface area contributed by atoms with Crippen molar-refractivity contribution < 1.29 is 14.3 Å². The van der Waals surface area contributed by atoms with E-state index in [1.165, 1.54) is 0 Å². The first-order valence-corrected chi connectivity index (χ1v) is 9.39. The lowest BCUT2D eigenvalue weighted by molar-refractivity contribution is -0.141. The SMILES string of the molecule is COCCN1CCN(C(=O)C2CCN(c3cc(C)cc(C)c3)C2=O)CC1. The fourth-order valence-electron chi connectivity index (χ4n) is 3.90. The van der Waals surface area contributed by atoms with Crippen LogP contribution in [0.5, 0.6) is 0 Å². The van der Waals surface area contributed by atoms with Gasteiger partial charge in [-0.05, 0) is 43.5 Å². The van der Waals surface area contributed by atoms with Gasteiger partial charge in [0.15, 0.2) is 0 Å². The summed E-state index contributed by atoms with van der Waals surface area (Å²) < 4.78 is 5.11. The van der Waals surface area contributed by atoms with Gasteiger partial charge in [-0.3, -0.25) is 14.5 Å². The second kappa shape index (κ2) is 8.18. The Morgan fingerprint density at radius 3 is 2.35 bits per heavy atom. The molecule has 0 bridgehead atoms. The molecule has 6 heteroatoms. The third kappa shape index (κ3) is 4.07. The van der Waals surface area contributed by atoms with E-state index in [0.717, 1.165) is 36.4 Å². The van der Waals surface area contributed by atoms with Crippen LogP contribution in [-0.2, 0) is 14.3 Å². The summed E-state index contributed by atoms with van der Waals surface area (Å²) in [5, 5.41) is 0. The predicted octanol–water partition coefficient (Wildman–Crippen LogP) is 1.45. The standard InChI is InChI=1S/C20H29N3O3/c1-15-12-16(2)14-17(13-15)23-5-4-18(20(23)25)19(24)22-8-6-21(7-9-22)10-11-26-3/h12-14,18H,4-11H2,1-3H3. The number of nitrogens with zero attached hydrogens (tertiary/aromatic N) is 3. The van der Waals surface area contributed by atoms with Gasteiger partial charge in [0, 0.05) is 52.1 Å². The second-order valence-electron chi connectivity index (χ2n) is 7.34. The molecule has 142 valence electrons. The maximum atomic E-state index is 12.9. The summed E-state index contributed by atoms with van der Waals surface area (Å²) in [5.74, 6) is -0.587. The zero-order valence-electron chi connectivity index (χ0n) is 16.0. The molecule has 0 aromatic heterocycles. The van der Waals surface area contributed by atoms with Crippen LogP contribution < -0.4 is 4.90 Å². The number of hydrogen-bond donors (Lipinski definition) is 0. The maximum Gasteiger partial charge on any atom is 0.239 e. The number of carbonyl (C=O) groups is 2. The number of hydrogen-bond acceptors (Lipinski definition) is 4. The zero-order valence-corrected chi connectivity index (χ0v) is 16.0. The van der Waals surface area contributed by atoms with Gasteiger partial charge in [0.05, 0.1) is 6.61 Å². The lowest BCUT2D eigenvalue weighted by Crippen LogP contribution is -2.51. The fourth-order valence-corrected chi connectivity index (χ4v) is 3.90. The van der Waals surface area contributed by atoms with Gasteiger partial charge in [-0.2, -0.15) is 0 Å². The Labute approximate surface area is 155 Å². The van der Waals surface area contributed by atoms with E-state index < -0.39 is 5.92 Å². The van der Waals surface area contributed by atoms with E-state index in [2.05, 4.69) is 11.0 Å². The van der Waals surface area contributed by atoms with Crippen molar-refractivity contribution in [3.05, 3.63) is 29.3 Å². The Morgan fingerprint density at radius 1 is 1.08 bits per heavy atom. The Kier molecular flexibility index (Phi) is 5.94. The first kappa shape index (κ1) is 18.9. The second-order valence-corrected chi connectivity index (χ2v) is 7.34. The maximum absolute atomic E-state index is 12.9. The molecule has 3 rings (SSSR count). The number of carbonyl (C=O) groups excluding carboxylic acids is 2. The molecule has 0 radical (unpaired) electrons.